The van der Waals surface area contributed by atoms with Crippen molar-refractivity contribution in [1.29, 1.82) is 0 Å². The first-order valence-electron chi connectivity index (χ1n) is 7.35. The lowest BCUT2D eigenvalue weighted by atomic mass is 10.2. The fraction of sp³-hybridized carbons (Fsp3) is 0.0556. The molecule has 4 aromatic rings. The molecule has 0 fully saturated rings. The van der Waals surface area contributed by atoms with Gasteiger partial charge in [-0.25, -0.2) is 0 Å². The van der Waals surface area contributed by atoms with Gasteiger partial charge in [0.15, 0.2) is 0 Å². The topological polar surface area (TPSA) is 63.8 Å². The predicted octanol–water partition coefficient (Wildman–Crippen LogP) is 3.90. The van der Waals surface area contributed by atoms with Gasteiger partial charge >= 0.3 is 0 Å². The van der Waals surface area contributed by atoms with Crippen LogP contribution in [-0.2, 0) is 6.54 Å². The van der Waals surface area contributed by atoms with Crippen molar-refractivity contribution in [3.63, 3.8) is 0 Å². The van der Waals surface area contributed by atoms with Crippen LogP contribution in [0.3, 0.4) is 0 Å². The third-order valence-corrected chi connectivity index (χ3v) is 3.55. The van der Waals surface area contributed by atoms with E-state index in [0.29, 0.717) is 18.3 Å². The van der Waals surface area contributed by atoms with Gasteiger partial charge < -0.3 is 9.73 Å². The molecule has 0 amide bonds. The Morgan fingerprint density at radius 1 is 0.870 bits per heavy atom. The zero-order chi connectivity index (χ0) is 15.5. The zero-order valence-corrected chi connectivity index (χ0v) is 12.3. The molecule has 0 saturated carbocycles. The van der Waals surface area contributed by atoms with Crippen LogP contribution in [0.4, 0.5) is 5.69 Å². The Kier molecular flexibility index (Phi) is 3.44. The maximum Gasteiger partial charge on any atom is 0.247 e. The molecule has 2 aromatic heterocycles. The summed E-state index contributed by atoms with van der Waals surface area (Å²) in [5.41, 5.74) is 2.79. The highest BCUT2D eigenvalue weighted by atomic mass is 16.4. The number of aromatic nitrogens is 3. The summed E-state index contributed by atoms with van der Waals surface area (Å²) in [5, 5.41) is 12.6. The van der Waals surface area contributed by atoms with Gasteiger partial charge in [0.05, 0.1) is 17.7 Å². The van der Waals surface area contributed by atoms with Crippen LogP contribution in [0, 0.1) is 0 Å². The molecule has 0 atom stereocenters. The van der Waals surface area contributed by atoms with E-state index in [0.717, 1.165) is 22.2 Å². The van der Waals surface area contributed by atoms with E-state index in [1.165, 1.54) is 0 Å². The van der Waals surface area contributed by atoms with Crippen molar-refractivity contribution in [1.82, 2.24) is 15.2 Å². The van der Waals surface area contributed by atoms with Crippen molar-refractivity contribution < 1.29 is 4.42 Å². The van der Waals surface area contributed by atoms with Crippen LogP contribution in [0.2, 0.25) is 0 Å². The van der Waals surface area contributed by atoms with Crippen LogP contribution in [0.1, 0.15) is 5.89 Å². The highest BCUT2D eigenvalue weighted by Gasteiger charge is 2.08. The summed E-state index contributed by atoms with van der Waals surface area (Å²) >= 11 is 0. The fourth-order valence-corrected chi connectivity index (χ4v) is 2.44. The quantitative estimate of drug-likeness (QED) is 0.619. The number of nitrogens with zero attached hydrogens (tertiary/aromatic N) is 3. The van der Waals surface area contributed by atoms with Crippen LogP contribution in [0.25, 0.3) is 22.4 Å². The van der Waals surface area contributed by atoms with E-state index in [1.807, 2.05) is 60.7 Å². The number of fused-ring (bicyclic) bond motifs is 1. The molecule has 0 aliphatic heterocycles. The molecule has 112 valence electrons. The molecular formula is C18H14N4O. The van der Waals surface area contributed by atoms with Gasteiger partial charge in [0, 0.05) is 17.1 Å². The Hall–Kier alpha value is -3.21. The third kappa shape index (κ3) is 2.76. The van der Waals surface area contributed by atoms with E-state index < -0.39 is 0 Å². The molecule has 0 radical (unpaired) electrons. The average Bonchev–Trinajstić information content (AvgIpc) is 3.10. The standard InChI is InChI=1S/C18H14N4O/c1-2-6-14(7-3-1)18-22-21-16(23-18)12-20-15-10-4-8-13-9-5-11-19-17(13)15/h1-11,20H,12H2. The largest absolute Gasteiger partial charge is 0.419 e. The van der Waals surface area contributed by atoms with Crippen LogP contribution in [-0.4, -0.2) is 15.2 Å². The molecule has 23 heavy (non-hydrogen) atoms. The van der Waals surface area contributed by atoms with Crippen LogP contribution in [0.15, 0.2) is 71.3 Å². The Morgan fingerprint density at radius 2 is 1.74 bits per heavy atom. The van der Waals surface area contributed by atoms with Gasteiger partial charge in [-0.2, -0.15) is 0 Å². The van der Waals surface area contributed by atoms with Gasteiger partial charge in [-0.1, -0.05) is 36.4 Å². The molecule has 0 bridgehead atoms. The van der Waals surface area contributed by atoms with E-state index in [2.05, 4.69) is 20.5 Å². The van der Waals surface area contributed by atoms with E-state index in [-0.39, 0.29) is 0 Å². The van der Waals surface area contributed by atoms with Crippen LogP contribution < -0.4 is 5.32 Å². The summed E-state index contributed by atoms with van der Waals surface area (Å²) < 4.78 is 5.70. The molecule has 2 heterocycles. The van der Waals surface area contributed by atoms with E-state index in [4.69, 9.17) is 4.42 Å². The maximum absolute atomic E-state index is 5.70. The predicted molar refractivity (Wildman–Crippen MR) is 88.8 cm³/mol. The van der Waals surface area contributed by atoms with Gasteiger partial charge in [-0.05, 0) is 24.3 Å². The molecule has 4 rings (SSSR count). The van der Waals surface area contributed by atoms with Crippen molar-refractivity contribution in [2.75, 3.05) is 5.32 Å². The summed E-state index contributed by atoms with van der Waals surface area (Å²) in [5.74, 6) is 1.07. The fourth-order valence-electron chi connectivity index (χ4n) is 2.44. The van der Waals surface area contributed by atoms with Gasteiger partial charge in [-0.3, -0.25) is 4.98 Å². The second-order valence-corrected chi connectivity index (χ2v) is 5.10. The first-order valence-corrected chi connectivity index (χ1v) is 7.35. The van der Waals surface area contributed by atoms with E-state index in [1.54, 1.807) is 6.20 Å². The minimum absolute atomic E-state index is 0.454. The number of rotatable bonds is 4. The lowest BCUT2D eigenvalue weighted by Gasteiger charge is -2.06. The summed E-state index contributed by atoms with van der Waals surface area (Å²) in [4.78, 5) is 4.42. The molecular weight excluding hydrogens is 288 g/mol. The zero-order valence-electron chi connectivity index (χ0n) is 12.3. The number of pyridine rings is 1. The minimum atomic E-state index is 0.454. The third-order valence-electron chi connectivity index (χ3n) is 3.55. The number of hydrogen-bond acceptors (Lipinski definition) is 5. The van der Waals surface area contributed by atoms with Crippen molar-refractivity contribution in [3.05, 3.63) is 72.8 Å². The number of anilines is 1. The summed E-state index contributed by atoms with van der Waals surface area (Å²) in [6.45, 7) is 0.454. The summed E-state index contributed by atoms with van der Waals surface area (Å²) in [6, 6.07) is 19.7. The average molecular weight is 302 g/mol. The van der Waals surface area contributed by atoms with E-state index >= 15 is 0 Å². The van der Waals surface area contributed by atoms with Crippen molar-refractivity contribution in [2.45, 2.75) is 6.54 Å². The van der Waals surface area contributed by atoms with Crippen molar-refractivity contribution in [2.24, 2.45) is 0 Å². The van der Waals surface area contributed by atoms with Crippen molar-refractivity contribution in [3.8, 4) is 11.5 Å². The first kappa shape index (κ1) is 13.5. The Labute approximate surface area is 133 Å². The number of nitrogens with one attached hydrogen (secondary N) is 1. The number of benzene rings is 2. The van der Waals surface area contributed by atoms with Gasteiger partial charge in [0.25, 0.3) is 0 Å². The number of para-hydroxylation sites is 1. The summed E-state index contributed by atoms with van der Waals surface area (Å²) in [7, 11) is 0. The smallest absolute Gasteiger partial charge is 0.247 e. The molecule has 2 aromatic carbocycles. The second-order valence-electron chi connectivity index (χ2n) is 5.10. The molecule has 1 N–H and O–H groups in total. The summed E-state index contributed by atoms with van der Waals surface area (Å²) in [6.07, 6.45) is 1.79. The van der Waals surface area contributed by atoms with Gasteiger partial charge in [0.1, 0.15) is 0 Å². The maximum atomic E-state index is 5.70. The van der Waals surface area contributed by atoms with Gasteiger partial charge in [0.2, 0.25) is 11.8 Å². The Balaban J connectivity index is 1.54. The lowest BCUT2D eigenvalue weighted by Crippen LogP contribution is -2.00. The van der Waals surface area contributed by atoms with Crippen LogP contribution >= 0.6 is 0 Å². The highest BCUT2D eigenvalue weighted by molar-refractivity contribution is 5.90. The molecule has 0 spiro atoms. The van der Waals surface area contributed by atoms with E-state index in [9.17, 15) is 0 Å². The van der Waals surface area contributed by atoms with Crippen molar-refractivity contribution >= 4 is 16.6 Å². The first-order chi connectivity index (χ1) is 11.4. The SMILES string of the molecule is c1ccc(-c2nnc(CNc3cccc4cccnc34)o2)cc1. The molecule has 0 unspecified atom stereocenters. The molecule has 0 saturated heterocycles. The highest BCUT2D eigenvalue weighted by Crippen LogP contribution is 2.22. The van der Waals surface area contributed by atoms with Gasteiger partial charge in [-0.15, -0.1) is 10.2 Å². The minimum Gasteiger partial charge on any atom is -0.419 e. The lowest BCUT2D eigenvalue weighted by molar-refractivity contribution is 0.515. The normalized spacial score (nSPS) is 10.8. The molecule has 5 nitrogen and oxygen atoms in total. The molecule has 5 heteroatoms. The molecule has 0 aliphatic carbocycles. The monoisotopic (exact) mass is 302 g/mol. The second kappa shape index (κ2) is 5.88. The molecule has 0 aliphatic rings. The number of hydrogen-bond donors (Lipinski definition) is 1. The Bertz CT molecular complexity index is 929. The van der Waals surface area contributed by atoms with Crippen LogP contribution in [0.5, 0.6) is 0 Å². The Morgan fingerprint density at radius 3 is 2.65 bits per heavy atom.